The number of rotatable bonds is 5. The Hall–Kier alpha value is -0.870. The van der Waals surface area contributed by atoms with Crippen molar-refractivity contribution in [3.05, 3.63) is 29.8 Å². The van der Waals surface area contributed by atoms with Gasteiger partial charge in [-0.2, -0.15) is 0 Å². The zero-order valence-corrected chi connectivity index (χ0v) is 9.63. The van der Waals surface area contributed by atoms with E-state index in [1.54, 1.807) is 18.2 Å². The van der Waals surface area contributed by atoms with E-state index in [1.165, 1.54) is 0 Å². The fourth-order valence-corrected chi connectivity index (χ4v) is 2.80. The summed E-state index contributed by atoms with van der Waals surface area (Å²) in [5.74, 6) is 0.108. The minimum absolute atomic E-state index is 0.0450. The lowest BCUT2D eigenvalue weighted by molar-refractivity contribution is 0.287. The predicted octanol–water partition coefficient (Wildman–Crippen LogP) is 1.54. The number of aliphatic hydroxyl groups excluding tert-OH is 1. The molecule has 0 bridgehead atoms. The summed E-state index contributed by atoms with van der Waals surface area (Å²) in [5.41, 5.74) is 0.943. The molecule has 15 heavy (non-hydrogen) atoms. The third kappa shape index (κ3) is 3.64. The molecule has 0 saturated heterocycles. The lowest BCUT2D eigenvalue weighted by atomic mass is 10.2. The summed E-state index contributed by atoms with van der Waals surface area (Å²) >= 11 is 0. The molecular formula is C11H16O3S. The first-order chi connectivity index (χ1) is 7.06. The van der Waals surface area contributed by atoms with Gasteiger partial charge in [-0.1, -0.05) is 12.1 Å². The van der Waals surface area contributed by atoms with Gasteiger partial charge in [-0.25, -0.2) is 8.42 Å². The third-order valence-electron chi connectivity index (χ3n) is 2.17. The van der Waals surface area contributed by atoms with Gasteiger partial charge in [-0.15, -0.1) is 0 Å². The van der Waals surface area contributed by atoms with Crippen LogP contribution in [0.4, 0.5) is 0 Å². The SMILES string of the molecule is Cc1cccc(S(=O)(=O)CCCCO)c1. The van der Waals surface area contributed by atoms with E-state index >= 15 is 0 Å². The number of hydrogen-bond acceptors (Lipinski definition) is 3. The highest BCUT2D eigenvalue weighted by atomic mass is 32.2. The first-order valence-corrected chi connectivity index (χ1v) is 6.62. The molecule has 0 radical (unpaired) electrons. The molecular weight excluding hydrogens is 212 g/mol. The van der Waals surface area contributed by atoms with Crippen LogP contribution in [0, 0.1) is 6.92 Å². The second kappa shape index (κ2) is 5.28. The Morgan fingerprint density at radius 2 is 2.00 bits per heavy atom. The van der Waals surface area contributed by atoms with Crippen LogP contribution in [-0.4, -0.2) is 25.9 Å². The molecule has 0 heterocycles. The molecule has 1 aromatic carbocycles. The van der Waals surface area contributed by atoms with Gasteiger partial charge in [-0.3, -0.25) is 0 Å². The summed E-state index contributed by atoms with van der Waals surface area (Å²) in [4.78, 5) is 0.375. The number of benzene rings is 1. The standard InChI is InChI=1S/C11H16O3S/c1-10-5-4-6-11(9-10)15(13,14)8-3-2-7-12/h4-6,9,12H,2-3,7-8H2,1H3. The number of unbranched alkanes of at least 4 members (excludes halogenated alkanes) is 1. The van der Waals surface area contributed by atoms with Crippen molar-refractivity contribution in [1.82, 2.24) is 0 Å². The molecule has 1 aromatic rings. The van der Waals surface area contributed by atoms with Crippen LogP contribution in [-0.2, 0) is 9.84 Å². The summed E-state index contributed by atoms with van der Waals surface area (Å²) in [5, 5.41) is 8.58. The molecule has 84 valence electrons. The summed E-state index contributed by atoms with van der Waals surface area (Å²) in [6.07, 6.45) is 1.04. The molecule has 0 saturated carbocycles. The van der Waals surface area contributed by atoms with Crippen molar-refractivity contribution < 1.29 is 13.5 Å². The molecule has 4 heteroatoms. The molecule has 0 aromatic heterocycles. The Labute approximate surface area is 90.7 Å². The lowest BCUT2D eigenvalue weighted by Gasteiger charge is -2.04. The van der Waals surface area contributed by atoms with Gasteiger partial charge in [0.05, 0.1) is 10.6 Å². The first-order valence-electron chi connectivity index (χ1n) is 4.96. The van der Waals surface area contributed by atoms with Crippen LogP contribution < -0.4 is 0 Å². The Morgan fingerprint density at radius 3 is 2.60 bits per heavy atom. The molecule has 0 unspecified atom stereocenters. The molecule has 0 fully saturated rings. The minimum atomic E-state index is -3.17. The minimum Gasteiger partial charge on any atom is -0.396 e. The van der Waals surface area contributed by atoms with E-state index in [4.69, 9.17) is 5.11 Å². The maximum Gasteiger partial charge on any atom is 0.178 e. The first kappa shape index (κ1) is 12.2. The van der Waals surface area contributed by atoms with Crippen LogP contribution in [0.5, 0.6) is 0 Å². The van der Waals surface area contributed by atoms with Crippen LogP contribution in [0.2, 0.25) is 0 Å². The number of aryl methyl sites for hydroxylation is 1. The summed E-state index contributed by atoms with van der Waals surface area (Å²) in [7, 11) is -3.17. The van der Waals surface area contributed by atoms with Crippen LogP contribution >= 0.6 is 0 Å². The molecule has 0 amide bonds. The Bertz CT molecular complexity index is 410. The number of aliphatic hydroxyl groups is 1. The summed E-state index contributed by atoms with van der Waals surface area (Å²) in [6, 6.07) is 6.90. The van der Waals surface area contributed by atoms with Gasteiger partial charge >= 0.3 is 0 Å². The monoisotopic (exact) mass is 228 g/mol. The highest BCUT2D eigenvalue weighted by Gasteiger charge is 2.13. The van der Waals surface area contributed by atoms with Crippen LogP contribution in [0.3, 0.4) is 0 Å². The fraction of sp³-hybridized carbons (Fsp3) is 0.455. The van der Waals surface area contributed by atoms with E-state index in [2.05, 4.69) is 0 Å². The molecule has 0 aliphatic rings. The number of hydrogen-bond donors (Lipinski definition) is 1. The van der Waals surface area contributed by atoms with Gasteiger partial charge in [0, 0.05) is 6.61 Å². The highest BCUT2D eigenvalue weighted by molar-refractivity contribution is 7.91. The van der Waals surface area contributed by atoms with Gasteiger partial charge in [0.1, 0.15) is 0 Å². The quantitative estimate of drug-likeness (QED) is 0.778. The summed E-state index contributed by atoms with van der Waals surface area (Å²) in [6.45, 7) is 1.91. The highest BCUT2D eigenvalue weighted by Crippen LogP contribution is 2.14. The lowest BCUT2D eigenvalue weighted by Crippen LogP contribution is -2.07. The molecule has 0 aliphatic heterocycles. The maximum absolute atomic E-state index is 11.8. The van der Waals surface area contributed by atoms with Gasteiger partial charge < -0.3 is 5.11 Å². The van der Waals surface area contributed by atoms with Crippen molar-refractivity contribution >= 4 is 9.84 Å². The smallest absolute Gasteiger partial charge is 0.178 e. The third-order valence-corrected chi connectivity index (χ3v) is 3.97. The van der Waals surface area contributed by atoms with Crippen molar-refractivity contribution in [2.75, 3.05) is 12.4 Å². The Morgan fingerprint density at radius 1 is 1.27 bits per heavy atom. The van der Waals surface area contributed by atoms with Gasteiger partial charge in [0.2, 0.25) is 0 Å². The largest absolute Gasteiger partial charge is 0.396 e. The zero-order valence-electron chi connectivity index (χ0n) is 8.81. The van der Waals surface area contributed by atoms with E-state index in [0.29, 0.717) is 17.7 Å². The van der Waals surface area contributed by atoms with E-state index in [0.717, 1.165) is 5.56 Å². The van der Waals surface area contributed by atoms with E-state index in [1.807, 2.05) is 13.0 Å². The molecule has 1 rings (SSSR count). The van der Waals surface area contributed by atoms with Crippen molar-refractivity contribution in [2.45, 2.75) is 24.7 Å². The topological polar surface area (TPSA) is 54.4 Å². The normalized spacial score (nSPS) is 11.6. The Kier molecular flexibility index (Phi) is 4.29. The molecule has 3 nitrogen and oxygen atoms in total. The van der Waals surface area contributed by atoms with Crippen molar-refractivity contribution in [1.29, 1.82) is 0 Å². The van der Waals surface area contributed by atoms with Crippen molar-refractivity contribution in [3.63, 3.8) is 0 Å². The van der Waals surface area contributed by atoms with Crippen LogP contribution in [0.1, 0.15) is 18.4 Å². The summed E-state index contributed by atoms with van der Waals surface area (Å²) < 4.78 is 23.6. The fourth-order valence-electron chi connectivity index (χ4n) is 1.33. The zero-order chi connectivity index (χ0) is 11.3. The van der Waals surface area contributed by atoms with Crippen LogP contribution in [0.25, 0.3) is 0 Å². The molecule has 0 spiro atoms. The second-order valence-electron chi connectivity index (χ2n) is 3.57. The molecule has 0 atom stereocenters. The van der Waals surface area contributed by atoms with Crippen molar-refractivity contribution in [2.24, 2.45) is 0 Å². The second-order valence-corrected chi connectivity index (χ2v) is 5.68. The van der Waals surface area contributed by atoms with Gasteiger partial charge in [-0.05, 0) is 37.5 Å². The predicted molar refractivity (Wildman–Crippen MR) is 59.6 cm³/mol. The van der Waals surface area contributed by atoms with E-state index in [-0.39, 0.29) is 12.4 Å². The van der Waals surface area contributed by atoms with Crippen molar-refractivity contribution in [3.8, 4) is 0 Å². The average molecular weight is 228 g/mol. The van der Waals surface area contributed by atoms with Crippen LogP contribution in [0.15, 0.2) is 29.2 Å². The molecule has 1 N–H and O–H groups in total. The molecule has 0 aliphatic carbocycles. The number of sulfone groups is 1. The van der Waals surface area contributed by atoms with E-state index < -0.39 is 9.84 Å². The Balaban J connectivity index is 2.77. The maximum atomic E-state index is 11.8. The van der Waals surface area contributed by atoms with Gasteiger partial charge in [0.15, 0.2) is 9.84 Å². The van der Waals surface area contributed by atoms with E-state index in [9.17, 15) is 8.42 Å². The van der Waals surface area contributed by atoms with Gasteiger partial charge in [0.25, 0.3) is 0 Å². The average Bonchev–Trinajstić information content (AvgIpc) is 2.18.